The molecule has 19 aromatic carbocycles. The third kappa shape index (κ3) is 19.0. The molecule has 0 saturated heterocycles. The summed E-state index contributed by atoms with van der Waals surface area (Å²) >= 11 is 9.46. The second kappa shape index (κ2) is 42.5. The standard InChI is InChI=1S/2C36H25FINSi.C18H10FI2N.C18H12FN.C6H7N.CH4.HI.K.H/c2*37-26-16-19-28(20-17-26)39-35-22-18-27(38)24-33(35)34-25-32(21-23-36(34)39)40(29-10-4-1-5-11-29,30-12-6-2-7-13-30)31-14-8-3-9-15-31;19-11-1-5-14(6-2-11)22-17-7-3-12(20)9-15(17)16-10-13(21)4-8-18(16)22;19-13-9-11-14(12-10-13)20-17-7-3-1-5-15(17)16-6-2-4-8-18(16)20;7-6-4-2-1-3-5-6;;;;/h2*1-25H;1-10H;1-12H;1-5H,7H2;1H4;1H;;/q;;;;;;;+1;-1. The summed E-state index contributed by atoms with van der Waals surface area (Å²) in [7, 11) is -5.31. The van der Waals surface area contributed by atoms with Crippen molar-refractivity contribution in [2.75, 3.05) is 5.73 Å². The van der Waals surface area contributed by atoms with Gasteiger partial charge in [0, 0.05) is 85.8 Å². The van der Waals surface area contributed by atoms with Crippen LogP contribution in [0.25, 0.3) is 110 Å². The molecule has 23 aromatic rings. The Hall–Kier alpha value is -10.4. The molecule has 0 unspecified atom stereocenters. The maximum absolute atomic E-state index is 13.9. The fourth-order valence-corrected chi connectivity index (χ4v) is 29.9. The van der Waals surface area contributed by atoms with Gasteiger partial charge in [-0.3, -0.25) is 0 Å². The second-order valence-corrected chi connectivity index (χ2v) is 44.1. The number of benzene rings is 19. The normalized spacial score (nSPS) is 11.2. The SMILES string of the molecule is C.Fc1ccc(-n2c3ccc(I)cc3c3cc(I)ccc32)cc1.Fc1ccc(-n2c3ccc(I)cc3c3cc([Si](c4ccccc4)(c4ccccc4)c4ccccc4)ccc32)cc1.Fc1ccc(-n2c3ccc(I)cc3c3cc([Si](c4ccccc4)(c4ccccc4)c4ccccc4)ccc32)cc1.Fc1ccc(-n2c3ccccc3c3ccccc32)cc1.I.Nc1ccccc1.[H-].[K+]. The van der Waals surface area contributed by atoms with Gasteiger partial charge in [0.25, 0.3) is 0 Å². The molecular formula is C115H85F4I5KN5Si2. The van der Waals surface area contributed by atoms with E-state index < -0.39 is 16.1 Å². The number of para-hydroxylation sites is 3. The number of anilines is 1. The van der Waals surface area contributed by atoms with Gasteiger partial charge >= 0.3 is 51.4 Å². The number of hydrogen-bond acceptors (Lipinski definition) is 1. The number of fused-ring (bicyclic) bond motifs is 12. The van der Waals surface area contributed by atoms with Crippen LogP contribution in [0.4, 0.5) is 23.2 Å². The molecule has 0 spiro atoms. The van der Waals surface area contributed by atoms with Crippen LogP contribution in [0, 0.1) is 37.5 Å². The number of halogens is 9. The van der Waals surface area contributed by atoms with Crippen molar-refractivity contribution in [2.45, 2.75) is 7.43 Å². The summed E-state index contributed by atoms with van der Waals surface area (Å²) in [6.07, 6.45) is 0. The van der Waals surface area contributed by atoms with E-state index in [1.165, 1.54) is 147 Å². The molecule has 17 heteroatoms. The quantitative estimate of drug-likeness (QED) is 0.0428. The van der Waals surface area contributed by atoms with E-state index in [9.17, 15) is 17.6 Å². The second-order valence-electron chi connectivity index (χ2n) is 31.5. The van der Waals surface area contributed by atoms with Crippen LogP contribution in [-0.4, -0.2) is 34.4 Å². The van der Waals surface area contributed by atoms with E-state index in [4.69, 9.17) is 5.73 Å². The fourth-order valence-electron chi connectivity index (χ4n) is 18.4. The molecule has 642 valence electrons. The third-order valence-electron chi connectivity index (χ3n) is 24.0. The smallest absolute Gasteiger partial charge is 1.00 e. The van der Waals surface area contributed by atoms with Gasteiger partial charge in [-0.05, 0) is 338 Å². The van der Waals surface area contributed by atoms with Crippen LogP contribution in [0.2, 0.25) is 0 Å². The molecule has 0 amide bonds. The first-order chi connectivity index (χ1) is 63.2. The minimum atomic E-state index is -2.66. The first kappa shape index (κ1) is 94.8. The van der Waals surface area contributed by atoms with Gasteiger partial charge in [-0.15, -0.1) is 24.0 Å². The molecule has 0 aliphatic rings. The average molecular weight is 2340 g/mol. The van der Waals surface area contributed by atoms with Crippen LogP contribution < -0.4 is 98.6 Å². The molecule has 132 heavy (non-hydrogen) atoms. The van der Waals surface area contributed by atoms with E-state index >= 15 is 0 Å². The van der Waals surface area contributed by atoms with E-state index in [0.717, 1.165) is 72.6 Å². The number of aromatic nitrogens is 4. The van der Waals surface area contributed by atoms with E-state index in [-0.39, 0.29) is 107 Å². The Morgan fingerprint density at radius 3 is 0.591 bits per heavy atom. The molecule has 0 fully saturated rings. The van der Waals surface area contributed by atoms with Crippen LogP contribution >= 0.6 is 114 Å². The zero-order valence-electron chi connectivity index (χ0n) is 71.8. The molecule has 0 atom stereocenters. The van der Waals surface area contributed by atoms with Crippen molar-refractivity contribution < 1.29 is 70.4 Å². The first-order valence-electron chi connectivity index (χ1n) is 42.2. The van der Waals surface area contributed by atoms with E-state index in [0.29, 0.717) is 0 Å². The Bertz CT molecular complexity index is 7360. The van der Waals surface area contributed by atoms with Gasteiger partial charge in [-0.1, -0.05) is 268 Å². The van der Waals surface area contributed by atoms with E-state index in [1.807, 2.05) is 103 Å². The summed E-state index contributed by atoms with van der Waals surface area (Å²) in [6.45, 7) is 0. The largest absolute Gasteiger partial charge is 1.00 e. The van der Waals surface area contributed by atoms with Crippen molar-refractivity contribution in [3.63, 3.8) is 0 Å². The monoisotopic (exact) mass is 2340 g/mol. The predicted octanol–water partition coefficient (Wildman–Crippen LogP) is 24.5. The fraction of sp³-hybridized carbons (Fsp3) is 0.00870. The van der Waals surface area contributed by atoms with Gasteiger partial charge < -0.3 is 25.4 Å². The zero-order chi connectivity index (χ0) is 88.1. The molecule has 2 N–H and O–H groups in total. The van der Waals surface area contributed by atoms with Crippen LogP contribution in [0.1, 0.15) is 8.85 Å². The molecule has 0 saturated carbocycles. The maximum Gasteiger partial charge on any atom is 1.00 e. The predicted molar refractivity (Wildman–Crippen MR) is 595 cm³/mol. The zero-order valence-corrected chi connectivity index (χ0v) is 86.8. The van der Waals surface area contributed by atoms with Crippen molar-refractivity contribution in [3.05, 3.63) is 505 Å². The number of hydrogen-bond donors (Lipinski definition) is 1. The summed E-state index contributed by atoms with van der Waals surface area (Å²) in [5.41, 5.74) is 19.1. The van der Waals surface area contributed by atoms with E-state index in [1.54, 1.807) is 0 Å². The van der Waals surface area contributed by atoms with Gasteiger partial charge in [0.1, 0.15) is 23.3 Å². The van der Waals surface area contributed by atoms with Crippen molar-refractivity contribution in [3.8, 4) is 22.7 Å². The van der Waals surface area contributed by atoms with Crippen molar-refractivity contribution in [1.82, 2.24) is 18.3 Å². The molecule has 4 heterocycles. The van der Waals surface area contributed by atoms with Gasteiger partial charge in [-0.25, -0.2) is 17.6 Å². The Kier molecular flexibility index (Phi) is 30.5. The van der Waals surface area contributed by atoms with Gasteiger partial charge in [0.15, 0.2) is 16.1 Å². The van der Waals surface area contributed by atoms with Crippen molar-refractivity contribution in [2.24, 2.45) is 0 Å². The first-order valence-corrected chi connectivity index (χ1v) is 50.5. The van der Waals surface area contributed by atoms with Gasteiger partial charge in [-0.2, -0.15) is 0 Å². The summed E-state index contributed by atoms with van der Waals surface area (Å²) in [4.78, 5) is 0. The molecule has 4 aromatic heterocycles. The Labute approximate surface area is 882 Å². The minimum Gasteiger partial charge on any atom is -1.00 e. The third-order valence-corrected chi connectivity index (χ3v) is 36.2. The van der Waals surface area contributed by atoms with Gasteiger partial charge in [0.2, 0.25) is 0 Å². The summed E-state index contributed by atoms with van der Waals surface area (Å²) in [5.74, 6) is -0.889. The molecule has 0 aliphatic carbocycles. The number of nitrogens with two attached hydrogens (primary N) is 1. The topological polar surface area (TPSA) is 45.7 Å². The molecule has 0 aliphatic heterocycles. The summed E-state index contributed by atoms with van der Waals surface area (Å²) in [6, 6.07) is 159. The van der Waals surface area contributed by atoms with E-state index in [2.05, 4.69) is 424 Å². The molecule has 0 radical (unpaired) electrons. The molecule has 0 bridgehead atoms. The van der Waals surface area contributed by atoms with Crippen molar-refractivity contribution in [1.29, 1.82) is 0 Å². The Balaban J connectivity index is 0.000000135. The summed E-state index contributed by atoms with van der Waals surface area (Å²) < 4.78 is 67.8. The number of nitrogen functional groups attached to an aromatic ring is 1. The summed E-state index contributed by atoms with van der Waals surface area (Å²) in [5, 5.41) is 20.5. The van der Waals surface area contributed by atoms with Crippen LogP contribution in [0.3, 0.4) is 0 Å². The van der Waals surface area contributed by atoms with Crippen LogP contribution in [-0.2, 0) is 0 Å². The molecule has 23 rings (SSSR count). The molecular weight excluding hydrogens is 2260 g/mol. The Morgan fingerprint density at radius 1 is 0.197 bits per heavy atom. The van der Waals surface area contributed by atoms with Gasteiger partial charge in [0.05, 0.1) is 44.1 Å². The number of nitrogens with zero attached hydrogens (tertiary/aromatic N) is 4. The molecule has 5 nitrogen and oxygen atoms in total. The average Bonchev–Trinajstić information content (AvgIpc) is 1.70. The van der Waals surface area contributed by atoms with Crippen LogP contribution in [0.15, 0.2) is 467 Å². The van der Waals surface area contributed by atoms with Crippen molar-refractivity contribution >= 4 is 265 Å². The Morgan fingerprint density at radius 2 is 0.379 bits per heavy atom. The minimum absolute atomic E-state index is 0. The van der Waals surface area contributed by atoms with Crippen LogP contribution in [0.5, 0.6) is 0 Å². The maximum atomic E-state index is 13.9. The number of rotatable bonds is 12.